The molecule has 0 radical (unpaired) electrons. The lowest BCUT2D eigenvalue weighted by Gasteiger charge is -2.21. The first-order valence-corrected chi connectivity index (χ1v) is 13.9. The molecule has 0 unspecified atom stereocenters. The van der Waals surface area contributed by atoms with E-state index in [1.54, 1.807) is 27.7 Å². The summed E-state index contributed by atoms with van der Waals surface area (Å²) in [6, 6.07) is -0.728. The van der Waals surface area contributed by atoms with Crippen molar-refractivity contribution in [3.05, 3.63) is 12.4 Å². The van der Waals surface area contributed by atoms with Crippen molar-refractivity contribution in [2.24, 2.45) is 0 Å². The van der Waals surface area contributed by atoms with Crippen molar-refractivity contribution >= 4 is 26.0 Å². The fraction of sp³-hybridized carbons (Fsp3) is 0.750. The zero-order valence-corrected chi connectivity index (χ0v) is 20.5. The summed E-state index contributed by atoms with van der Waals surface area (Å²) in [5, 5.41) is 3.02. The lowest BCUT2D eigenvalue weighted by atomic mass is 9.97. The number of nitrogens with zero attached hydrogens (tertiary/aromatic N) is 1. The molecule has 1 fully saturated rings. The van der Waals surface area contributed by atoms with Gasteiger partial charge in [0, 0.05) is 30.5 Å². The van der Waals surface area contributed by atoms with E-state index in [0.717, 1.165) is 38.5 Å². The molecule has 0 saturated heterocycles. The molecule has 1 aliphatic carbocycles. The Balaban J connectivity index is 2.27. The average molecular weight is 477 g/mol. The van der Waals surface area contributed by atoms with Crippen molar-refractivity contribution in [2.45, 2.75) is 107 Å². The summed E-state index contributed by atoms with van der Waals surface area (Å²) in [6.07, 6.45) is 9.96. The molecule has 3 N–H and O–H groups in total. The van der Waals surface area contributed by atoms with E-state index in [9.17, 15) is 21.6 Å². The molecule has 1 saturated carbocycles. The van der Waals surface area contributed by atoms with E-state index in [1.807, 2.05) is 0 Å². The zero-order chi connectivity index (χ0) is 23.2. The summed E-state index contributed by atoms with van der Waals surface area (Å²) in [5.41, 5.74) is 0. The van der Waals surface area contributed by atoms with Crippen LogP contribution < -0.4 is 14.8 Å². The monoisotopic (exact) mass is 476 g/mol. The maximum absolute atomic E-state index is 12.8. The van der Waals surface area contributed by atoms with Crippen LogP contribution in [0.3, 0.4) is 0 Å². The first kappa shape index (κ1) is 25.8. The lowest BCUT2D eigenvalue weighted by Crippen LogP contribution is -2.37. The smallest absolute Gasteiger partial charge is 0.243 e. The minimum absolute atomic E-state index is 0.0972. The topological polar surface area (TPSA) is 126 Å². The zero-order valence-electron chi connectivity index (χ0n) is 18.8. The first-order chi connectivity index (χ1) is 14.4. The van der Waals surface area contributed by atoms with Gasteiger partial charge in [-0.3, -0.25) is 4.79 Å². The highest BCUT2D eigenvalue weighted by molar-refractivity contribution is 7.92. The molecule has 1 heterocycles. The van der Waals surface area contributed by atoms with Crippen molar-refractivity contribution in [3.63, 3.8) is 0 Å². The molecule has 0 spiro atoms. The van der Waals surface area contributed by atoms with Gasteiger partial charge in [0.25, 0.3) is 0 Å². The van der Waals surface area contributed by atoms with E-state index in [0.29, 0.717) is 0 Å². The van der Waals surface area contributed by atoms with Crippen LogP contribution in [-0.4, -0.2) is 45.4 Å². The Morgan fingerprint density at radius 3 is 1.71 bits per heavy atom. The number of hydrogen-bond donors (Lipinski definition) is 3. The molecule has 0 bridgehead atoms. The van der Waals surface area contributed by atoms with E-state index in [2.05, 4.69) is 14.8 Å². The molecular weight excluding hydrogens is 440 g/mol. The standard InChI is InChI=1S/C20H36N4O5S2/c1-15(2)22-30(26,27)18-12-24(13-19(18)31(28,29)23-16(3)4)14-20(25)21-17-10-8-6-5-7-9-11-17/h12-13,15-17,22-23H,5-11,14H2,1-4H3,(H,21,25). The number of carbonyl (C=O) groups excluding carboxylic acids is 1. The Morgan fingerprint density at radius 1 is 0.871 bits per heavy atom. The number of amides is 1. The van der Waals surface area contributed by atoms with Crippen LogP contribution >= 0.6 is 0 Å². The summed E-state index contributed by atoms with van der Waals surface area (Å²) < 4.78 is 57.2. The number of carbonyl (C=O) groups is 1. The Kier molecular flexibility index (Phi) is 9.11. The van der Waals surface area contributed by atoms with Gasteiger partial charge in [0.1, 0.15) is 16.3 Å². The summed E-state index contributed by atoms with van der Waals surface area (Å²) in [6.45, 7) is 6.45. The lowest BCUT2D eigenvalue weighted by molar-refractivity contribution is -0.122. The average Bonchev–Trinajstić information content (AvgIpc) is 3.00. The van der Waals surface area contributed by atoms with E-state index < -0.39 is 32.1 Å². The van der Waals surface area contributed by atoms with E-state index >= 15 is 0 Å². The van der Waals surface area contributed by atoms with Gasteiger partial charge in [-0.25, -0.2) is 26.3 Å². The molecule has 0 aliphatic heterocycles. The highest BCUT2D eigenvalue weighted by Crippen LogP contribution is 2.23. The number of sulfonamides is 2. The normalized spacial score (nSPS) is 17.0. The SMILES string of the molecule is CC(C)NS(=O)(=O)c1cn(CC(=O)NC2CCCCCCC2)cc1S(=O)(=O)NC(C)C. The van der Waals surface area contributed by atoms with Gasteiger partial charge in [0.15, 0.2) is 0 Å². The number of rotatable bonds is 9. The summed E-state index contributed by atoms with van der Waals surface area (Å²) in [4.78, 5) is 11.9. The second-order valence-electron chi connectivity index (χ2n) is 8.82. The summed E-state index contributed by atoms with van der Waals surface area (Å²) >= 11 is 0. The quantitative estimate of drug-likeness (QED) is 0.503. The fourth-order valence-corrected chi connectivity index (χ4v) is 7.08. The summed E-state index contributed by atoms with van der Waals surface area (Å²) in [5.74, 6) is -0.262. The Bertz CT molecular complexity index is 887. The maximum Gasteiger partial charge on any atom is 0.243 e. The van der Waals surface area contributed by atoms with Crippen LogP contribution in [0.5, 0.6) is 0 Å². The fourth-order valence-electron chi connectivity index (χ4n) is 3.75. The van der Waals surface area contributed by atoms with Gasteiger partial charge in [0.05, 0.1) is 0 Å². The predicted molar refractivity (Wildman–Crippen MR) is 120 cm³/mol. The van der Waals surface area contributed by atoms with E-state index in [1.165, 1.54) is 23.4 Å². The molecule has 0 aromatic carbocycles. The van der Waals surface area contributed by atoms with Crippen LogP contribution in [0, 0.1) is 0 Å². The molecule has 1 aromatic rings. The molecule has 2 rings (SSSR count). The van der Waals surface area contributed by atoms with Crippen molar-refractivity contribution in [2.75, 3.05) is 0 Å². The molecule has 178 valence electrons. The molecule has 9 nitrogen and oxygen atoms in total. The van der Waals surface area contributed by atoms with Gasteiger partial charge in [-0.1, -0.05) is 32.1 Å². The third-order valence-electron chi connectivity index (χ3n) is 4.97. The number of nitrogens with one attached hydrogen (secondary N) is 3. The van der Waals surface area contributed by atoms with Crippen molar-refractivity contribution in [3.8, 4) is 0 Å². The minimum atomic E-state index is -4.08. The minimum Gasteiger partial charge on any atom is -0.352 e. The second kappa shape index (κ2) is 10.9. The van der Waals surface area contributed by atoms with Crippen LogP contribution in [0.25, 0.3) is 0 Å². The molecular formula is C20H36N4O5S2. The largest absolute Gasteiger partial charge is 0.352 e. The number of aromatic nitrogens is 1. The Labute approximate surface area is 186 Å². The van der Waals surface area contributed by atoms with Crippen LogP contribution in [0.4, 0.5) is 0 Å². The molecule has 1 aliphatic rings. The molecule has 11 heteroatoms. The van der Waals surface area contributed by atoms with Gasteiger partial charge in [-0.15, -0.1) is 0 Å². The van der Waals surface area contributed by atoms with E-state index in [-0.39, 0.29) is 28.3 Å². The van der Waals surface area contributed by atoms with Crippen LogP contribution in [-0.2, 0) is 31.4 Å². The van der Waals surface area contributed by atoms with E-state index in [4.69, 9.17) is 0 Å². The Morgan fingerprint density at radius 2 is 1.29 bits per heavy atom. The second-order valence-corrected chi connectivity index (χ2v) is 12.2. The highest BCUT2D eigenvalue weighted by Gasteiger charge is 2.30. The predicted octanol–water partition coefficient (Wildman–Crippen LogP) is 2.09. The highest BCUT2D eigenvalue weighted by atomic mass is 32.2. The molecule has 1 amide bonds. The first-order valence-electron chi connectivity index (χ1n) is 10.9. The number of hydrogen-bond acceptors (Lipinski definition) is 5. The van der Waals surface area contributed by atoms with Crippen molar-refractivity contribution < 1.29 is 21.6 Å². The van der Waals surface area contributed by atoms with Gasteiger partial charge in [0.2, 0.25) is 26.0 Å². The summed E-state index contributed by atoms with van der Waals surface area (Å²) in [7, 11) is -8.16. The molecule has 31 heavy (non-hydrogen) atoms. The van der Waals surface area contributed by atoms with Gasteiger partial charge in [-0.05, 0) is 40.5 Å². The van der Waals surface area contributed by atoms with Crippen LogP contribution in [0.15, 0.2) is 22.2 Å². The third kappa shape index (κ3) is 7.89. The van der Waals surface area contributed by atoms with Crippen molar-refractivity contribution in [1.82, 2.24) is 19.3 Å². The van der Waals surface area contributed by atoms with Crippen LogP contribution in [0.2, 0.25) is 0 Å². The van der Waals surface area contributed by atoms with Gasteiger partial charge >= 0.3 is 0 Å². The Hall–Kier alpha value is -1.43. The van der Waals surface area contributed by atoms with Crippen LogP contribution in [0.1, 0.15) is 72.6 Å². The van der Waals surface area contributed by atoms with Gasteiger partial charge in [-0.2, -0.15) is 0 Å². The third-order valence-corrected chi connectivity index (χ3v) is 8.47. The molecule has 1 aromatic heterocycles. The maximum atomic E-state index is 12.8. The van der Waals surface area contributed by atoms with Gasteiger partial charge < -0.3 is 9.88 Å². The molecule has 0 atom stereocenters. The van der Waals surface area contributed by atoms with Crippen molar-refractivity contribution in [1.29, 1.82) is 0 Å².